The van der Waals surface area contributed by atoms with E-state index in [9.17, 15) is 4.79 Å². The quantitative estimate of drug-likeness (QED) is 0.517. The Morgan fingerprint density at radius 3 is 2.41 bits per heavy atom. The van der Waals surface area contributed by atoms with Gasteiger partial charge in [0.25, 0.3) is 0 Å². The number of halogens is 1. The molecule has 1 atom stereocenters. The van der Waals surface area contributed by atoms with Crippen LogP contribution in [0.25, 0.3) is 0 Å². The highest BCUT2D eigenvalue weighted by atomic mass is 79.9. The minimum Gasteiger partial charge on any atom is -0.445 e. The average molecular weight is 425 g/mol. The van der Waals surface area contributed by atoms with Crippen LogP contribution in [-0.2, 0) is 11.3 Å². The zero-order valence-corrected chi connectivity index (χ0v) is 16.7. The molecule has 4 nitrogen and oxygen atoms in total. The first-order chi connectivity index (χ1) is 13.2. The number of nitrogens with zero attached hydrogens (tertiary/aromatic N) is 2. The number of hydrogen-bond donors (Lipinski definition) is 0. The SMILES string of the molecule is CCN(C(=O)OCc1ccccc1)C(c1ccc(Br)cc1)c1cccnc1. The van der Waals surface area contributed by atoms with E-state index < -0.39 is 0 Å². The Morgan fingerprint density at radius 2 is 1.78 bits per heavy atom. The largest absolute Gasteiger partial charge is 0.445 e. The Kier molecular flexibility index (Phi) is 6.60. The average Bonchev–Trinajstić information content (AvgIpc) is 2.72. The van der Waals surface area contributed by atoms with E-state index in [-0.39, 0.29) is 18.7 Å². The number of pyridine rings is 1. The lowest BCUT2D eigenvalue weighted by Crippen LogP contribution is -2.36. The molecule has 0 fully saturated rings. The fourth-order valence-electron chi connectivity index (χ4n) is 2.95. The number of aromatic nitrogens is 1. The molecule has 1 unspecified atom stereocenters. The molecule has 0 aliphatic heterocycles. The van der Waals surface area contributed by atoms with Crippen LogP contribution in [0, 0.1) is 0 Å². The van der Waals surface area contributed by atoms with E-state index >= 15 is 0 Å². The Hall–Kier alpha value is -2.66. The normalized spacial score (nSPS) is 11.6. The van der Waals surface area contributed by atoms with Crippen LogP contribution in [0.15, 0.2) is 83.6 Å². The van der Waals surface area contributed by atoms with E-state index in [1.165, 1.54) is 0 Å². The molecule has 0 saturated heterocycles. The lowest BCUT2D eigenvalue weighted by molar-refractivity contribution is 0.0882. The molecule has 138 valence electrons. The molecule has 0 saturated carbocycles. The predicted octanol–water partition coefficient (Wildman–Crippen LogP) is 5.59. The fourth-order valence-corrected chi connectivity index (χ4v) is 3.22. The molecule has 0 bridgehead atoms. The number of carbonyl (C=O) groups is 1. The van der Waals surface area contributed by atoms with Crippen molar-refractivity contribution in [3.05, 3.63) is 100 Å². The minimum absolute atomic E-state index is 0.246. The van der Waals surface area contributed by atoms with Gasteiger partial charge in [-0.1, -0.05) is 64.5 Å². The summed E-state index contributed by atoms with van der Waals surface area (Å²) in [6, 6.07) is 21.2. The molecule has 2 aromatic carbocycles. The van der Waals surface area contributed by atoms with Crippen LogP contribution in [-0.4, -0.2) is 22.5 Å². The Bertz CT molecular complexity index is 855. The molecule has 1 heterocycles. The van der Waals surface area contributed by atoms with Crippen LogP contribution in [0.2, 0.25) is 0 Å². The standard InChI is InChI=1S/C22H21BrN2O2/c1-2-25(22(26)27-16-17-7-4-3-5-8-17)21(19-9-6-14-24-15-19)18-10-12-20(23)13-11-18/h3-15,21H,2,16H2,1H3. The summed E-state index contributed by atoms with van der Waals surface area (Å²) in [4.78, 5) is 18.8. The minimum atomic E-state index is -0.349. The van der Waals surface area contributed by atoms with E-state index in [1.54, 1.807) is 17.3 Å². The molecule has 3 aromatic rings. The van der Waals surface area contributed by atoms with Crippen LogP contribution in [0.3, 0.4) is 0 Å². The van der Waals surface area contributed by atoms with E-state index in [1.807, 2.05) is 73.7 Å². The predicted molar refractivity (Wildman–Crippen MR) is 109 cm³/mol. The molecule has 5 heteroatoms. The maximum absolute atomic E-state index is 12.9. The van der Waals surface area contributed by atoms with Crippen LogP contribution in [0.1, 0.15) is 29.7 Å². The van der Waals surface area contributed by atoms with Crippen molar-refractivity contribution in [1.29, 1.82) is 0 Å². The fraction of sp³-hybridized carbons (Fsp3) is 0.182. The van der Waals surface area contributed by atoms with Crippen molar-refractivity contribution in [2.75, 3.05) is 6.54 Å². The Balaban J connectivity index is 1.86. The van der Waals surface area contributed by atoms with Crippen molar-refractivity contribution in [2.45, 2.75) is 19.6 Å². The second-order valence-corrected chi connectivity index (χ2v) is 6.98. The highest BCUT2D eigenvalue weighted by Crippen LogP contribution is 2.29. The summed E-state index contributed by atoms with van der Waals surface area (Å²) in [5.74, 6) is 0. The summed E-state index contributed by atoms with van der Waals surface area (Å²) < 4.78 is 6.58. The summed E-state index contributed by atoms with van der Waals surface area (Å²) in [5, 5.41) is 0. The second kappa shape index (κ2) is 9.33. The Morgan fingerprint density at radius 1 is 1.04 bits per heavy atom. The van der Waals surface area contributed by atoms with Crippen molar-refractivity contribution in [1.82, 2.24) is 9.88 Å². The maximum atomic E-state index is 12.9. The van der Waals surface area contributed by atoms with Crippen molar-refractivity contribution in [3.63, 3.8) is 0 Å². The van der Waals surface area contributed by atoms with E-state index in [4.69, 9.17) is 4.74 Å². The van der Waals surface area contributed by atoms with Gasteiger partial charge in [-0.25, -0.2) is 4.79 Å². The number of ether oxygens (including phenoxy) is 1. The molecular formula is C22H21BrN2O2. The molecule has 1 aromatic heterocycles. The Labute approximate surface area is 167 Å². The van der Waals surface area contributed by atoms with Gasteiger partial charge in [-0.05, 0) is 41.8 Å². The zero-order valence-electron chi connectivity index (χ0n) is 15.1. The third kappa shape index (κ3) is 4.95. The number of benzene rings is 2. The molecule has 27 heavy (non-hydrogen) atoms. The van der Waals surface area contributed by atoms with Crippen LogP contribution in [0.5, 0.6) is 0 Å². The molecular weight excluding hydrogens is 404 g/mol. The number of rotatable bonds is 6. The summed E-state index contributed by atoms with van der Waals surface area (Å²) in [6.07, 6.45) is 3.17. The molecule has 3 rings (SSSR count). The summed E-state index contributed by atoms with van der Waals surface area (Å²) in [6.45, 7) is 2.71. The molecule has 0 spiro atoms. The summed E-state index contributed by atoms with van der Waals surface area (Å²) >= 11 is 3.47. The number of carbonyl (C=O) groups excluding carboxylic acids is 1. The third-order valence-corrected chi connectivity index (χ3v) is 4.81. The molecule has 0 aliphatic rings. The first-order valence-corrected chi connectivity index (χ1v) is 9.61. The third-order valence-electron chi connectivity index (χ3n) is 4.28. The van der Waals surface area contributed by atoms with E-state index in [0.717, 1.165) is 21.2 Å². The van der Waals surface area contributed by atoms with Crippen LogP contribution >= 0.6 is 15.9 Å². The van der Waals surface area contributed by atoms with Gasteiger partial charge in [-0.15, -0.1) is 0 Å². The van der Waals surface area contributed by atoms with Gasteiger partial charge in [0.05, 0.1) is 6.04 Å². The lowest BCUT2D eigenvalue weighted by Gasteiger charge is -2.30. The molecule has 0 N–H and O–H groups in total. The number of amides is 1. The van der Waals surface area contributed by atoms with Gasteiger partial charge in [0.2, 0.25) is 0 Å². The first-order valence-electron chi connectivity index (χ1n) is 8.81. The van der Waals surface area contributed by atoms with Gasteiger partial charge in [-0.2, -0.15) is 0 Å². The van der Waals surface area contributed by atoms with Gasteiger partial charge in [0.15, 0.2) is 0 Å². The monoisotopic (exact) mass is 424 g/mol. The van der Waals surface area contributed by atoms with Gasteiger partial charge in [0.1, 0.15) is 6.61 Å². The van der Waals surface area contributed by atoms with E-state index in [0.29, 0.717) is 6.54 Å². The van der Waals surface area contributed by atoms with Crippen molar-refractivity contribution >= 4 is 22.0 Å². The van der Waals surface area contributed by atoms with Crippen molar-refractivity contribution in [2.24, 2.45) is 0 Å². The second-order valence-electron chi connectivity index (χ2n) is 6.07. The smallest absolute Gasteiger partial charge is 0.410 e. The molecule has 1 amide bonds. The van der Waals surface area contributed by atoms with Gasteiger partial charge < -0.3 is 4.74 Å². The molecule has 0 radical (unpaired) electrons. The summed E-state index contributed by atoms with van der Waals surface area (Å²) in [5.41, 5.74) is 2.91. The topological polar surface area (TPSA) is 42.4 Å². The zero-order chi connectivity index (χ0) is 19.1. The lowest BCUT2D eigenvalue weighted by atomic mass is 9.99. The number of hydrogen-bond acceptors (Lipinski definition) is 3. The maximum Gasteiger partial charge on any atom is 0.410 e. The van der Waals surface area contributed by atoms with Gasteiger partial charge in [0, 0.05) is 23.4 Å². The summed E-state index contributed by atoms with van der Waals surface area (Å²) in [7, 11) is 0. The van der Waals surface area contributed by atoms with Crippen molar-refractivity contribution in [3.8, 4) is 0 Å². The van der Waals surface area contributed by atoms with Gasteiger partial charge in [-0.3, -0.25) is 9.88 Å². The molecule has 0 aliphatic carbocycles. The van der Waals surface area contributed by atoms with Crippen molar-refractivity contribution < 1.29 is 9.53 Å². The highest BCUT2D eigenvalue weighted by molar-refractivity contribution is 9.10. The first kappa shape index (κ1) is 19.1. The van der Waals surface area contributed by atoms with Crippen LogP contribution in [0.4, 0.5) is 4.79 Å². The van der Waals surface area contributed by atoms with E-state index in [2.05, 4.69) is 20.9 Å². The highest BCUT2D eigenvalue weighted by Gasteiger charge is 2.27. The van der Waals surface area contributed by atoms with Crippen LogP contribution < -0.4 is 0 Å². The van der Waals surface area contributed by atoms with Gasteiger partial charge >= 0.3 is 6.09 Å².